The second-order valence-corrected chi connectivity index (χ2v) is 5.10. The predicted octanol–water partition coefficient (Wildman–Crippen LogP) is 1.66. The van der Waals surface area contributed by atoms with Gasteiger partial charge in [-0.05, 0) is 18.2 Å². The van der Waals surface area contributed by atoms with Crippen LogP contribution in [0, 0.1) is 0 Å². The number of aliphatic hydroxyl groups is 1. The molecule has 2 rings (SSSR count). The number of alkyl halides is 3. The predicted molar refractivity (Wildman–Crippen MR) is 80.5 cm³/mol. The minimum Gasteiger partial charge on any atom is -0.389 e. The summed E-state index contributed by atoms with van der Waals surface area (Å²) < 4.78 is 39.9. The average Bonchev–Trinajstić information content (AvgIpc) is 2.54. The highest BCUT2D eigenvalue weighted by molar-refractivity contribution is 5.95. The molecule has 1 unspecified atom stereocenters. The molecule has 0 saturated carbocycles. The third-order valence-electron chi connectivity index (χ3n) is 3.28. The molecule has 0 saturated heterocycles. The summed E-state index contributed by atoms with van der Waals surface area (Å²) in [6.07, 6.45) is -4.30. The SMILES string of the molecule is O=C(NCC(O)Cn1ccccc1=O)c1ccccc1C(F)(F)F. The molecule has 1 heterocycles. The molecule has 1 aromatic carbocycles. The molecule has 0 spiro atoms. The Labute approximate surface area is 135 Å². The molecule has 8 heteroatoms. The van der Waals surface area contributed by atoms with Crippen molar-refractivity contribution in [2.24, 2.45) is 0 Å². The topological polar surface area (TPSA) is 71.3 Å². The quantitative estimate of drug-likeness (QED) is 0.870. The lowest BCUT2D eigenvalue weighted by molar-refractivity contribution is -0.137. The van der Waals surface area contributed by atoms with E-state index in [1.54, 1.807) is 12.1 Å². The zero-order chi connectivity index (χ0) is 17.7. The van der Waals surface area contributed by atoms with Crippen molar-refractivity contribution in [3.05, 3.63) is 70.1 Å². The number of rotatable bonds is 5. The lowest BCUT2D eigenvalue weighted by Crippen LogP contribution is -2.37. The van der Waals surface area contributed by atoms with Gasteiger partial charge in [-0.1, -0.05) is 18.2 Å². The monoisotopic (exact) mass is 340 g/mol. The van der Waals surface area contributed by atoms with Crippen LogP contribution in [0.1, 0.15) is 15.9 Å². The summed E-state index contributed by atoms with van der Waals surface area (Å²) in [5, 5.41) is 12.1. The number of hydrogen-bond acceptors (Lipinski definition) is 3. The maximum Gasteiger partial charge on any atom is 0.417 e. The van der Waals surface area contributed by atoms with Crippen molar-refractivity contribution in [3.63, 3.8) is 0 Å². The van der Waals surface area contributed by atoms with Gasteiger partial charge in [0.2, 0.25) is 0 Å². The largest absolute Gasteiger partial charge is 0.417 e. The Hall–Kier alpha value is -2.61. The minimum atomic E-state index is -4.65. The van der Waals surface area contributed by atoms with Crippen LogP contribution >= 0.6 is 0 Å². The summed E-state index contributed by atoms with van der Waals surface area (Å²) in [4.78, 5) is 23.5. The number of nitrogens with zero attached hydrogens (tertiary/aromatic N) is 1. The first-order valence-electron chi connectivity index (χ1n) is 7.07. The molecule has 5 nitrogen and oxygen atoms in total. The summed E-state index contributed by atoms with van der Waals surface area (Å²) in [7, 11) is 0. The molecule has 1 aromatic heterocycles. The Balaban J connectivity index is 2.01. The van der Waals surface area contributed by atoms with E-state index in [1.807, 2.05) is 0 Å². The Morgan fingerprint density at radius 1 is 1.17 bits per heavy atom. The van der Waals surface area contributed by atoms with Crippen molar-refractivity contribution in [2.75, 3.05) is 6.54 Å². The molecule has 0 aliphatic rings. The van der Waals surface area contributed by atoms with Crippen LogP contribution in [0.25, 0.3) is 0 Å². The Morgan fingerprint density at radius 2 is 1.83 bits per heavy atom. The summed E-state index contributed by atoms with van der Waals surface area (Å²) in [5.41, 5.74) is -1.89. The normalized spacial score (nSPS) is 12.7. The number of carbonyl (C=O) groups is 1. The summed E-state index contributed by atoms with van der Waals surface area (Å²) in [6.45, 7) is -0.368. The smallest absolute Gasteiger partial charge is 0.389 e. The van der Waals surface area contributed by atoms with E-state index >= 15 is 0 Å². The van der Waals surface area contributed by atoms with Crippen molar-refractivity contribution in [2.45, 2.75) is 18.8 Å². The van der Waals surface area contributed by atoms with E-state index in [2.05, 4.69) is 5.32 Å². The van der Waals surface area contributed by atoms with Gasteiger partial charge in [-0.2, -0.15) is 13.2 Å². The maximum atomic E-state index is 12.9. The van der Waals surface area contributed by atoms with Gasteiger partial charge in [-0.15, -0.1) is 0 Å². The first kappa shape index (κ1) is 17.7. The highest BCUT2D eigenvalue weighted by Gasteiger charge is 2.34. The number of carbonyl (C=O) groups excluding carboxylic acids is 1. The first-order chi connectivity index (χ1) is 11.3. The molecule has 2 aromatic rings. The summed E-state index contributed by atoms with van der Waals surface area (Å²) in [5.74, 6) is -0.942. The van der Waals surface area contributed by atoms with Gasteiger partial charge in [0.1, 0.15) is 0 Å². The number of aromatic nitrogens is 1. The molecule has 2 N–H and O–H groups in total. The molecular weight excluding hydrogens is 325 g/mol. The number of halogens is 3. The van der Waals surface area contributed by atoms with Crippen molar-refractivity contribution >= 4 is 5.91 Å². The fourth-order valence-corrected chi connectivity index (χ4v) is 2.14. The number of pyridine rings is 1. The Kier molecular flexibility index (Phi) is 5.40. The van der Waals surface area contributed by atoms with Crippen LogP contribution in [0.4, 0.5) is 13.2 Å². The molecule has 0 fully saturated rings. The standard InChI is InChI=1S/C16H15F3N2O3/c17-16(18,19)13-6-2-1-5-12(13)15(24)20-9-11(22)10-21-8-4-3-7-14(21)23/h1-8,11,22H,9-10H2,(H,20,24). The van der Waals surface area contributed by atoms with Crippen molar-refractivity contribution in [1.82, 2.24) is 9.88 Å². The third-order valence-corrected chi connectivity index (χ3v) is 3.28. The van der Waals surface area contributed by atoms with Gasteiger partial charge in [0, 0.05) is 18.8 Å². The van der Waals surface area contributed by atoms with E-state index in [0.29, 0.717) is 0 Å². The zero-order valence-electron chi connectivity index (χ0n) is 12.5. The van der Waals surface area contributed by atoms with Crippen LogP contribution in [0.5, 0.6) is 0 Å². The van der Waals surface area contributed by atoms with Gasteiger partial charge in [0.25, 0.3) is 11.5 Å². The van der Waals surface area contributed by atoms with Gasteiger partial charge < -0.3 is 15.0 Å². The number of benzene rings is 1. The van der Waals surface area contributed by atoms with Gasteiger partial charge in [0.05, 0.1) is 23.8 Å². The van der Waals surface area contributed by atoms with Crippen LogP contribution in [0.2, 0.25) is 0 Å². The second-order valence-electron chi connectivity index (χ2n) is 5.10. The fourth-order valence-electron chi connectivity index (χ4n) is 2.14. The lowest BCUT2D eigenvalue weighted by Gasteiger charge is -2.15. The van der Waals surface area contributed by atoms with Crippen molar-refractivity contribution in [1.29, 1.82) is 0 Å². The molecule has 1 atom stereocenters. The van der Waals surface area contributed by atoms with Gasteiger partial charge >= 0.3 is 6.18 Å². The lowest BCUT2D eigenvalue weighted by atomic mass is 10.1. The molecule has 1 amide bonds. The van der Waals surface area contributed by atoms with Crippen molar-refractivity contribution < 1.29 is 23.1 Å². The molecule has 24 heavy (non-hydrogen) atoms. The Morgan fingerprint density at radius 3 is 2.50 bits per heavy atom. The summed E-state index contributed by atoms with van der Waals surface area (Å²) >= 11 is 0. The van der Waals surface area contributed by atoms with E-state index in [1.165, 1.54) is 29.0 Å². The number of amides is 1. The van der Waals surface area contributed by atoms with Crippen LogP contribution < -0.4 is 10.9 Å². The van der Waals surface area contributed by atoms with Crippen LogP contribution in [-0.2, 0) is 12.7 Å². The maximum absolute atomic E-state index is 12.9. The van der Waals surface area contributed by atoms with Crippen LogP contribution in [-0.4, -0.2) is 28.2 Å². The number of nitrogens with one attached hydrogen (secondary N) is 1. The van der Waals surface area contributed by atoms with Gasteiger partial charge in [-0.25, -0.2) is 0 Å². The van der Waals surface area contributed by atoms with E-state index in [9.17, 15) is 27.9 Å². The summed E-state index contributed by atoms with van der Waals surface area (Å²) in [6, 6.07) is 8.85. The average molecular weight is 340 g/mol. The van der Waals surface area contributed by atoms with Gasteiger partial charge in [0.15, 0.2) is 0 Å². The highest BCUT2D eigenvalue weighted by Crippen LogP contribution is 2.31. The molecule has 0 radical (unpaired) electrons. The molecule has 0 aliphatic heterocycles. The molecule has 0 aliphatic carbocycles. The van der Waals surface area contributed by atoms with Crippen LogP contribution in [0.3, 0.4) is 0 Å². The van der Waals surface area contributed by atoms with Crippen LogP contribution in [0.15, 0.2) is 53.5 Å². The number of aliphatic hydroxyl groups excluding tert-OH is 1. The number of hydrogen-bond donors (Lipinski definition) is 2. The second kappa shape index (κ2) is 7.31. The fraction of sp³-hybridized carbons (Fsp3) is 0.250. The zero-order valence-corrected chi connectivity index (χ0v) is 12.5. The Bertz CT molecular complexity index is 771. The first-order valence-corrected chi connectivity index (χ1v) is 7.07. The highest BCUT2D eigenvalue weighted by atomic mass is 19.4. The molecule has 128 valence electrons. The van der Waals surface area contributed by atoms with Crippen molar-refractivity contribution in [3.8, 4) is 0 Å². The minimum absolute atomic E-state index is 0.0825. The third kappa shape index (κ3) is 4.45. The van der Waals surface area contributed by atoms with E-state index < -0.39 is 29.3 Å². The van der Waals surface area contributed by atoms with Gasteiger partial charge in [-0.3, -0.25) is 9.59 Å². The van der Waals surface area contributed by atoms with E-state index in [0.717, 1.165) is 12.1 Å². The molecular formula is C16H15F3N2O3. The van der Waals surface area contributed by atoms with E-state index in [-0.39, 0.29) is 18.6 Å². The van der Waals surface area contributed by atoms with E-state index in [4.69, 9.17) is 0 Å². The molecule has 0 bridgehead atoms.